The van der Waals surface area contributed by atoms with Crippen LogP contribution in [-0.2, 0) is 4.79 Å². The van der Waals surface area contributed by atoms with E-state index >= 15 is 0 Å². The third-order valence-electron chi connectivity index (χ3n) is 3.71. The molecule has 0 spiro atoms. The van der Waals surface area contributed by atoms with Crippen molar-refractivity contribution in [2.45, 2.75) is 5.92 Å². The molecule has 0 atom stereocenters. The summed E-state index contributed by atoms with van der Waals surface area (Å²) in [6.07, 6.45) is 9.43. The highest BCUT2D eigenvalue weighted by Gasteiger charge is 2.34. The molecule has 0 unspecified atom stereocenters. The Hall–Kier alpha value is -3.29. The van der Waals surface area contributed by atoms with E-state index in [1.165, 1.54) is 6.08 Å². The number of furan rings is 1. The van der Waals surface area contributed by atoms with E-state index in [-0.39, 0.29) is 11.8 Å². The summed E-state index contributed by atoms with van der Waals surface area (Å²) in [5.74, 6) is 1.53. The van der Waals surface area contributed by atoms with Crippen molar-refractivity contribution < 1.29 is 13.7 Å². The van der Waals surface area contributed by atoms with Crippen LogP contribution < -0.4 is 0 Å². The quantitative estimate of drug-likeness (QED) is 0.675. The smallest absolute Gasteiger partial charge is 0.246 e. The SMILES string of the molecule is O=C(C=Cc1ccco1)N1CC(c2nc(-c3cnccn3)no2)C1. The van der Waals surface area contributed by atoms with Crippen LogP contribution in [0.15, 0.2) is 52.0 Å². The summed E-state index contributed by atoms with van der Waals surface area (Å²) in [6.45, 7) is 1.09. The summed E-state index contributed by atoms with van der Waals surface area (Å²) in [7, 11) is 0. The van der Waals surface area contributed by atoms with Crippen LogP contribution >= 0.6 is 0 Å². The Morgan fingerprint density at radius 2 is 2.25 bits per heavy atom. The van der Waals surface area contributed by atoms with Crippen LogP contribution in [0.1, 0.15) is 17.6 Å². The lowest BCUT2D eigenvalue weighted by Crippen LogP contribution is -2.47. The predicted molar refractivity (Wildman–Crippen MR) is 82.4 cm³/mol. The van der Waals surface area contributed by atoms with Crippen molar-refractivity contribution in [1.82, 2.24) is 25.0 Å². The number of hydrogen-bond donors (Lipinski definition) is 0. The molecule has 0 radical (unpaired) electrons. The average molecular weight is 323 g/mol. The monoisotopic (exact) mass is 323 g/mol. The van der Waals surface area contributed by atoms with Crippen LogP contribution in [0.5, 0.6) is 0 Å². The Kier molecular flexibility index (Phi) is 3.62. The molecule has 8 nitrogen and oxygen atoms in total. The topological polar surface area (TPSA) is 98.2 Å². The molecule has 0 N–H and O–H groups in total. The van der Waals surface area contributed by atoms with E-state index in [2.05, 4.69) is 20.1 Å². The molecule has 120 valence electrons. The van der Waals surface area contributed by atoms with E-state index in [9.17, 15) is 4.79 Å². The molecule has 1 saturated heterocycles. The van der Waals surface area contributed by atoms with E-state index < -0.39 is 0 Å². The van der Waals surface area contributed by atoms with E-state index in [1.54, 1.807) is 48.0 Å². The Morgan fingerprint density at radius 3 is 3.00 bits per heavy atom. The molecule has 4 rings (SSSR count). The van der Waals surface area contributed by atoms with Gasteiger partial charge in [-0.1, -0.05) is 5.16 Å². The third kappa shape index (κ3) is 2.81. The van der Waals surface area contributed by atoms with Crippen molar-refractivity contribution in [3.8, 4) is 11.5 Å². The van der Waals surface area contributed by atoms with Crippen LogP contribution in [0.4, 0.5) is 0 Å². The fourth-order valence-corrected chi connectivity index (χ4v) is 2.38. The Morgan fingerprint density at radius 1 is 1.33 bits per heavy atom. The van der Waals surface area contributed by atoms with Gasteiger partial charge in [0.05, 0.1) is 18.4 Å². The van der Waals surface area contributed by atoms with Crippen molar-refractivity contribution in [1.29, 1.82) is 0 Å². The minimum Gasteiger partial charge on any atom is -0.465 e. The first-order valence-electron chi connectivity index (χ1n) is 7.40. The van der Waals surface area contributed by atoms with Crippen molar-refractivity contribution in [3.63, 3.8) is 0 Å². The molecule has 1 fully saturated rings. The Bertz CT molecular complexity index is 851. The number of hydrogen-bond acceptors (Lipinski definition) is 7. The molecule has 1 amide bonds. The molecule has 0 saturated carbocycles. The van der Waals surface area contributed by atoms with Crippen LogP contribution in [0.25, 0.3) is 17.6 Å². The summed E-state index contributed by atoms with van der Waals surface area (Å²) < 4.78 is 10.4. The first-order chi connectivity index (χ1) is 11.8. The molecule has 3 aromatic rings. The number of aromatic nitrogens is 4. The summed E-state index contributed by atoms with van der Waals surface area (Å²) in [6, 6.07) is 3.56. The Labute approximate surface area is 136 Å². The zero-order valence-electron chi connectivity index (χ0n) is 12.6. The zero-order valence-corrected chi connectivity index (χ0v) is 12.6. The van der Waals surface area contributed by atoms with Crippen LogP contribution in [0.2, 0.25) is 0 Å². The third-order valence-corrected chi connectivity index (χ3v) is 3.71. The molecule has 3 aromatic heterocycles. The number of nitrogens with zero attached hydrogens (tertiary/aromatic N) is 5. The molecule has 8 heteroatoms. The predicted octanol–water partition coefficient (Wildman–Crippen LogP) is 1.76. The minimum atomic E-state index is -0.0729. The fraction of sp³-hybridized carbons (Fsp3) is 0.188. The summed E-state index contributed by atoms with van der Waals surface area (Å²) in [5, 5.41) is 3.91. The van der Waals surface area contributed by atoms with E-state index in [0.717, 1.165) is 0 Å². The molecule has 0 aromatic carbocycles. The fourth-order valence-electron chi connectivity index (χ4n) is 2.38. The maximum Gasteiger partial charge on any atom is 0.246 e. The van der Waals surface area contributed by atoms with Crippen molar-refractivity contribution in [3.05, 3.63) is 54.7 Å². The molecule has 0 aliphatic carbocycles. The lowest BCUT2D eigenvalue weighted by molar-refractivity contribution is -0.130. The van der Waals surface area contributed by atoms with Crippen molar-refractivity contribution >= 4 is 12.0 Å². The first kappa shape index (κ1) is 14.3. The lowest BCUT2D eigenvalue weighted by atomic mass is 10.00. The largest absolute Gasteiger partial charge is 0.465 e. The average Bonchev–Trinajstić information content (AvgIpc) is 3.24. The highest BCUT2D eigenvalue weighted by atomic mass is 16.5. The molecule has 0 bridgehead atoms. The van der Waals surface area contributed by atoms with Gasteiger partial charge in [0, 0.05) is 31.6 Å². The summed E-state index contributed by atoms with van der Waals surface area (Å²) >= 11 is 0. The van der Waals surface area contributed by atoms with Gasteiger partial charge in [-0.15, -0.1) is 0 Å². The van der Waals surface area contributed by atoms with Gasteiger partial charge in [0.15, 0.2) is 0 Å². The molecular weight excluding hydrogens is 310 g/mol. The van der Waals surface area contributed by atoms with Crippen molar-refractivity contribution in [2.24, 2.45) is 0 Å². The van der Waals surface area contributed by atoms with Crippen molar-refractivity contribution in [2.75, 3.05) is 13.1 Å². The van der Waals surface area contributed by atoms with Crippen LogP contribution in [0.3, 0.4) is 0 Å². The number of rotatable bonds is 4. The van der Waals surface area contributed by atoms with E-state index in [0.29, 0.717) is 36.3 Å². The number of carbonyl (C=O) groups excluding carboxylic acids is 1. The molecule has 4 heterocycles. The van der Waals surface area contributed by atoms with Gasteiger partial charge in [-0.3, -0.25) is 9.78 Å². The maximum absolute atomic E-state index is 12.0. The molecule has 24 heavy (non-hydrogen) atoms. The van der Waals surface area contributed by atoms with Crippen LogP contribution in [0, 0.1) is 0 Å². The number of carbonyl (C=O) groups is 1. The highest BCUT2D eigenvalue weighted by Crippen LogP contribution is 2.27. The minimum absolute atomic E-state index is 0.0453. The van der Waals surface area contributed by atoms with Gasteiger partial charge in [0.2, 0.25) is 17.6 Å². The Balaban J connectivity index is 1.36. The van der Waals surface area contributed by atoms with E-state index in [4.69, 9.17) is 8.94 Å². The molecule has 1 aliphatic heterocycles. The maximum atomic E-state index is 12.0. The van der Waals surface area contributed by atoms with Gasteiger partial charge >= 0.3 is 0 Å². The van der Waals surface area contributed by atoms with Gasteiger partial charge in [-0.2, -0.15) is 4.98 Å². The normalized spacial score (nSPS) is 14.9. The lowest BCUT2D eigenvalue weighted by Gasteiger charge is -2.36. The molecular formula is C16H13N5O3. The van der Waals surface area contributed by atoms with Gasteiger partial charge in [0.1, 0.15) is 11.5 Å². The van der Waals surface area contributed by atoms with Gasteiger partial charge < -0.3 is 13.8 Å². The number of likely N-dealkylation sites (tertiary alicyclic amines) is 1. The summed E-state index contributed by atoms with van der Waals surface area (Å²) in [5.41, 5.74) is 0.557. The zero-order chi connectivity index (χ0) is 16.4. The second-order valence-corrected chi connectivity index (χ2v) is 5.34. The van der Waals surface area contributed by atoms with Gasteiger partial charge in [-0.05, 0) is 18.2 Å². The summed E-state index contributed by atoms with van der Waals surface area (Å²) in [4.78, 5) is 26.2. The van der Waals surface area contributed by atoms with Gasteiger partial charge in [-0.25, -0.2) is 4.98 Å². The second kappa shape index (κ2) is 6.07. The second-order valence-electron chi connectivity index (χ2n) is 5.34. The first-order valence-corrected chi connectivity index (χ1v) is 7.40. The van der Waals surface area contributed by atoms with Crippen LogP contribution in [-0.4, -0.2) is 44.0 Å². The molecule has 1 aliphatic rings. The standard InChI is InChI=1S/C16H13N5O3/c22-14(4-3-12-2-1-7-23-12)21-9-11(10-21)16-19-15(20-24-16)13-8-17-5-6-18-13/h1-8,11H,9-10H2. The van der Waals surface area contributed by atoms with E-state index in [1.807, 2.05) is 0 Å². The number of amides is 1. The highest BCUT2D eigenvalue weighted by molar-refractivity contribution is 5.92. The van der Waals surface area contributed by atoms with Gasteiger partial charge in [0.25, 0.3) is 0 Å².